The van der Waals surface area contributed by atoms with Crippen molar-refractivity contribution >= 4 is 21.8 Å². The third-order valence-electron chi connectivity index (χ3n) is 2.76. The Morgan fingerprint density at radius 2 is 2.14 bits per heavy atom. The van der Waals surface area contributed by atoms with Crippen molar-refractivity contribution in [2.45, 2.75) is 17.4 Å². The second-order valence-corrected chi connectivity index (χ2v) is 6.65. The fraction of sp³-hybridized carbons (Fsp3) is 0.500. The van der Waals surface area contributed by atoms with Gasteiger partial charge in [-0.05, 0) is 12.1 Å². The molecule has 0 bridgehead atoms. The van der Waals surface area contributed by atoms with Crippen LogP contribution in [0, 0.1) is 0 Å². The zero-order chi connectivity index (χ0) is 16.0. The second kappa shape index (κ2) is 7.34. The maximum absolute atomic E-state index is 11.9. The van der Waals surface area contributed by atoms with E-state index in [1.54, 1.807) is 0 Å². The number of carboxylic acid groups (broad SMARTS) is 1. The largest absolute Gasteiger partial charge is 0.481 e. The molecule has 9 heteroatoms. The molecule has 0 amide bonds. The molecule has 0 radical (unpaired) electrons. The first-order valence-corrected chi connectivity index (χ1v) is 7.58. The molecule has 1 aromatic heterocycles. The summed E-state index contributed by atoms with van der Waals surface area (Å²) in [6.07, 6.45) is 0.627. The molecule has 2 N–H and O–H groups in total. The second-order valence-electron chi connectivity index (χ2n) is 4.50. The van der Waals surface area contributed by atoms with Gasteiger partial charge in [0, 0.05) is 33.9 Å². The number of rotatable bonds is 8. The highest BCUT2D eigenvalue weighted by atomic mass is 32.2. The monoisotopic (exact) mass is 317 g/mol. The normalized spacial score (nSPS) is 13.1. The van der Waals surface area contributed by atoms with Gasteiger partial charge in [-0.25, -0.2) is 17.7 Å². The number of methoxy groups -OCH3 is 1. The van der Waals surface area contributed by atoms with Gasteiger partial charge in [0.15, 0.2) is 0 Å². The van der Waals surface area contributed by atoms with Gasteiger partial charge in [0.25, 0.3) is 0 Å². The molecule has 0 fully saturated rings. The molecule has 1 heterocycles. The predicted molar refractivity (Wildman–Crippen MR) is 76.6 cm³/mol. The van der Waals surface area contributed by atoms with E-state index in [9.17, 15) is 13.2 Å². The Morgan fingerprint density at radius 1 is 1.48 bits per heavy atom. The van der Waals surface area contributed by atoms with Crippen LogP contribution in [0.1, 0.15) is 6.42 Å². The first-order valence-electron chi connectivity index (χ1n) is 6.14. The number of hydrogen-bond acceptors (Lipinski definition) is 6. The molecule has 0 aliphatic heterocycles. The van der Waals surface area contributed by atoms with E-state index in [1.807, 2.05) is 0 Å². The molecule has 1 atom stereocenters. The Bertz CT molecular complexity index is 571. The smallest absolute Gasteiger partial charge is 0.306 e. The summed E-state index contributed by atoms with van der Waals surface area (Å²) in [7, 11) is 0.803. The lowest BCUT2D eigenvalue weighted by atomic mass is 10.2. The number of anilines is 1. The number of nitrogens with zero attached hydrogens (tertiary/aromatic N) is 2. The first kappa shape index (κ1) is 17.3. The summed E-state index contributed by atoms with van der Waals surface area (Å²) in [5, 5.41) is 11.6. The number of hydrogen-bond donors (Lipinski definition) is 2. The van der Waals surface area contributed by atoms with Crippen LogP contribution in [-0.2, 0) is 19.6 Å². The molecule has 118 valence electrons. The van der Waals surface area contributed by atoms with Crippen LogP contribution in [0.15, 0.2) is 23.2 Å². The van der Waals surface area contributed by atoms with Gasteiger partial charge in [0.05, 0.1) is 12.5 Å². The molecule has 0 saturated carbocycles. The lowest BCUT2D eigenvalue weighted by molar-refractivity contribution is -0.139. The van der Waals surface area contributed by atoms with Gasteiger partial charge in [-0.1, -0.05) is 0 Å². The molecular weight excluding hydrogens is 298 g/mol. The van der Waals surface area contributed by atoms with Crippen molar-refractivity contribution in [3.05, 3.63) is 18.3 Å². The molecule has 0 aromatic carbocycles. The number of sulfonamides is 1. The van der Waals surface area contributed by atoms with E-state index in [4.69, 9.17) is 9.84 Å². The topological polar surface area (TPSA) is 109 Å². The van der Waals surface area contributed by atoms with Crippen molar-refractivity contribution in [3.63, 3.8) is 0 Å². The number of carbonyl (C=O) groups is 1. The average molecular weight is 317 g/mol. The van der Waals surface area contributed by atoms with Crippen molar-refractivity contribution < 1.29 is 23.1 Å². The van der Waals surface area contributed by atoms with Gasteiger partial charge in [0.1, 0.15) is 10.7 Å². The minimum Gasteiger partial charge on any atom is -0.481 e. The van der Waals surface area contributed by atoms with Gasteiger partial charge < -0.3 is 15.2 Å². The molecule has 1 aromatic rings. The number of ether oxygens (including phenoxy) is 1. The quantitative estimate of drug-likeness (QED) is 0.706. The van der Waals surface area contributed by atoms with Gasteiger partial charge >= 0.3 is 5.97 Å². The van der Waals surface area contributed by atoms with Crippen molar-refractivity contribution in [1.82, 2.24) is 9.29 Å². The highest BCUT2D eigenvalue weighted by molar-refractivity contribution is 7.89. The molecule has 1 unspecified atom stereocenters. The zero-order valence-corrected chi connectivity index (χ0v) is 12.9. The summed E-state index contributed by atoms with van der Waals surface area (Å²) in [6, 6.07) is 2.95. The van der Waals surface area contributed by atoms with Crippen LogP contribution >= 0.6 is 0 Å². The fourth-order valence-corrected chi connectivity index (χ4v) is 2.35. The van der Waals surface area contributed by atoms with E-state index in [1.165, 1.54) is 39.5 Å². The van der Waals surface area contributed by atoms with E-state index < -0.39 is 22.1 Å². The third-order valence-corrected chi connectivity index (χ3v) is 4.56. The zero-order valence-electron chi connectivity index (χ0n) is 12.1. The van der Waals surface area contributed by atoms with Crippen LogP contribution in [0.25, 0.3) is 0 Å². The predicted octanol–water partition coefficient (Wildman–Crippen LogP) is 0.234. The minimum atomic E-state index is -3.50. The summed E-state index contributed by atoms with van der Waals surface area (Å²) in [5.74, 6) is -0.510. The van der Waals surface area contributed by atoms with E-state index in [-0.39, 0.29) is 17.9 Å². The standard InChI is InChI=1S/C12H19N3O5S/c1-15(2)21(18,19)10-4-5-11(14-8-10)13-7-9(20-3)6-12(16)17/h4-5,8-9H,6-7H2,1-3H3,(H,13,14)(H,16,17). The highest BCUT2D eigenvalue weighted by Crippen LogP contribution is 2.14. The number of aliphatic carboxylic acids is 1. The fourth-order valence-electron chi connectivity index (χ4n) is 1.50. The molecule has 21 heavy (non-hydrogen) atoms. The third kappa shape index (κ3) is 4.96. The summed E-state index contributed by atoms with van der Waals surface area (Å²) < 4.78 is 29.8. The van der Waals surface area contributed by atoms with Gasteiger partial charge in [-0.3, -0.25) is 4.79 Å². The Labute approximate surface area is 123 Å². The van der Waals surface area contributed by atoms with Crippen molar-refractivity contribution in [2.24, 2.45) is 0 Å². The summed E-state index contributed by atoms with van der Waals surface area (Å²) in [4.78, 5) is 14.7. The lowest BCUT2D eigenvalue weighted by Gasteiger charge is -2.15. The van der Waals surface area contributed by atoms with Gasteiger partial charge in [-0.2, -0.15) is 0 Å². The maximum Gasteiger partial charge on any atom is 0.306 e. The molecule has 1 rings (SSSR count). The summed E-state index contributed by atoms with van der Waals surface area (Å²) in [5.41, 5.74) is 0. The number of nitrogens with one attached hydrogen (secondary N) is 1. The number of pyridine rings is 1. The van der Waals surface area contributed by atoms with Crippen LogP contribution in [0.2, 0.25) is 0 Å². The van der Waals surface area contributed by atoms with E-state index in [0.29, 0.717) is 5.82 Å². The SMILES string of the molecule is COC(CNc1ccc(S(=O)(=O)N(C)C)cn1)CC(=O)O. The van der Waals surface area contributed by atoms with Crippen molar-refractivity contribution in [1.29, 1.82) is 0 Å². The van der Waals surface area contributed by atoms with Crippen LogP contribution in [0.3, 0.4) is 0 Å². The molecule has 8 nitrogen and oxygen atoms in total. The van der Waals surface area contributed by atoms with Gasteiger partial charge in [0.2, 0.25) is 10.0 Å². The maximum atomic E-state index is 11.9. The molecule has 0 aliphatic rings. The van der Waals surface area contributed by atoms with E-state index in [0.717, 1.165) is 4.31 Å². The minimum absolute atomic E-state index is 0.0897. The number of aromatic nitrogens is 1. The first-order chi connectivity index (χ1) is 9.77. The van der Waals surface area contributed by atoms with Crippen LogP contribution in [0.4, 0.5) is 5.82 Å². The molecule has 0 saturated heterocycles. The van der Waals surface area contributed by atoms with Crippen molar-refractivity contribution in [2.75, 3.05) is 33.1 Å². The Morgan fingerprint density at radius 3 is 2.57 bits per heavy atom. The van der Waals surface area contributed by atoms with E-state index in [2.05, 4.69) is 10.3 Å². The molecule has 0 aliphatic carbocycles. The Hall–Kier alpha value is -1.71. The highest BCUT2D eigenvalue weighted by Gasteiger charge is 2.17. The lowest BCUT2D eigenvalue weighted by Crippen LogP contribution is -2.25. The summed E-state index contributed by atoms with van der Waals surface area (Å²) >= 11 is 0. The summed E-state index contributed by atoms with van der Waals surface area (Å²) in [6.45, 7) is 0.260. The van der Waals surface area contributed by atoms with Crippen LogP contribution in [0.5, 0.6) is 0 Å². The van der Waals surface area contributed by atoms with Crippen LogP contribution in [-0.4, -0.2) is 62.6 Å². The average Bonchev–Trinajstić information content (AvgIpc) is 2.43. The Kier molecular flexibility index (Phi) is 6.06. The van der Waals surface area contributed by atoms with Crippen molar-refractivity contribution in [3.8, 4) is 0 Å². The van der Waals surface area contributed by atoms with E-state index >= 15 is 0 Å². The van der Waals surface area contributed by atoms with Crippen LogP contribution < -0.4 is 5.32 Å². The number of carboxylic acids is 1. The van der Waals surface area contributed by atoms with Gasteiger partial charge in [-0.15, -0.1) is 0 Å². The molecular formula is C12H19N3O5S. The Balaban J connectivity index is 2.69. The molecule has 0 spiro atoms.